The quantitative estimate of drug-likeness (QED) is 0.680. The standard InChI is InChI=1S/C11H20N2S/c1-10-8-14-9-11(10)7-13-6-4-2-3-5-12/h8-9,13H,2-7,12H2,1H3. The summed E-state index contributed by atoms with van der Waals surface area (Å²) in [6.07, 6.45) is 3.63. The highest BCUT2D eigenvalue weighted by Gasteiger charge is 1.97. The Bertz CT molecular complexity index is 245. The molecule has 3 heteroatoms. The van der Waals surface area contributed by atoms with Gasteiger partial charge in [-0.3, -0.25) is 0 Å². The lowest BCUT2D eigenvalue weighted by Gasteiger charge is -2.03. The molecule has 0 spiro atoms. The molecule has 1 heterocycles. The molecule has 1 aromatic rings. The van der Waals surface area contributed by atoms with E-state index in [2.05, 4.69) is 23.0 Å². The molecule has 0 aliphatic heterocycles. The zero-order valence-corrected chi connectivity index (χ0v) is 9.70. The summed E-state index contributed by atoms with van der Waals surface area (Å²) in [4.78, 5) is 0. The van der Waals surface area contributed by atoms with Gasteiger partial charge in [-0.25, -0.2) is 0 Å². The van der Waals surface area contributed by atoms with Crippen molar-refractivity contribution in [3.05, 3.63) is 21.9 Å². The van der Waals surface area contributed by atoms with Gasteiger partial charge in [-0.2, -0.15) is 11.3 Å². The van der Waals surface area contributed by atoms with E-state index >= 15 is 0 Å². The Balaban J connectivity index is 2.02. The number of hydrogen-bond acceptors (Lipinski definition) is 3. The molecule has 80 valence electrons. The van der Waals surface area contributed by atoms with Crippen molar-refractivity contribution in [2.75, 3.05) is 13.1 Å². The van der Waals surface area contributed by atoms with Crippen molar-refractivity contribution in [3.63, 3.8) is 0 Å². The lowest BCUT2D eigenvalue weighted by atomic mass is 10.2. The van der Waals surface area contributed by atoms with Gasteiger partial charge in [-0.05, 0) is 54.7 Å². The second-order valence-corrected chi connectivity index (χ2v) is 4.35. The van der Waals surface area contributed by atoms with Crippen LogP contribution in [0.4, 0.5) is 0 Å². The van der Waals surface area contributed by atoms with E-state index in [1.807, 2.05) is 0 Å². The average molecular weight is 212 g/mol. The zero-order valence-electron chi connectivity index (χ0n) is 8.88. The summed E-state index contributed by atoms with van der Waals surface area (Å²) >= 11 is 1.78. The third kappa shape index (κ3) is 4.22. The smallest absolute Gasteiger partial charge is 0.0216 e. The van der Waals surface area contributed by atoms with E-state index in [1.165, 1.54) is 24.0 Å². The van der Waals surface area contributed by atoms with Crippen LogP contribution in [-0.4, -0.2) is 13.1 Å². The molecule has 14 heavy (non-hydrogen) atoms. The minimum absolute atomic E-state index is 0.823. The summed E-state index contributed by atoms with van der Waals surface area (Å²) in [6, 6.07) is 0. The van der Waals surface area contributed by atoms with Crippen LogP contribution < -0.4 is 11.1 Å². The van der Waals surface area contributed by atoms with E-state index in [9.17, 15) is 0 Å². The van der Waals surface area contributed by atoms with Crippen molar-refractivity contribution in [2.24, 2.45) is 5.73 Å². The fourth-order valence-corrected chi connectivity index (χ4v) is 2.22. The van der Waals surface area contributed by atoms with Gasteiger partial charge in [0.2, 0.25) is 0 Å². The van der Waals surface area contributed by atoms with Crippen LogP contribution in [0, 0.1) is 6.92 Å². The lowest BCUT2D eigenvalue weighted by Crippen LogP contribution is -2.15. The van der Waals surface area contributed by atoms with Gasteiger partial charge in [-0.1, -0.05) is 6.42 Å². The van der Waals surface area contributed by atoms with Crippen LogP contribution in [0.2, 0.25) is 0 Å². The zero-order chi connectivity index (χ0) is 10.2. The van der Waals surface area contributed by atoms with Gasteiger partial charge < -0.3 is 11.1 Å². The molecule has 0 radical (unpaired) electrons. The molecule has 1 rings (SSSR count). The largest absolute Gasteiger partial charge is 0.330 e. The highest BCUT2D eigenvalue weighted by molar-refractivity contribution is 7.08. The first-order chi connectivity index (χ1) is 6.84. The van der Waals surface area contributed by atoms with Gasteiger partial charge >= 0.3 is 0 Å². The average Bonchev–Trinajstić information content (AvgIpc) is 2.58. The minimum Gasteiger partial charge on any atom is -0.330 e. The number of aryl methyl sites for hydroxylation is 1. The number of rotatable bonds is 7. The molecule has 0 saturated carbocycles. The molecule has 0 saturated heterocycles. The molecule has 0 aliphatic carbocycles. The van der Waals surface area contributed by atoms with Crippen molar-refractivity contribution in [3.8, 4) is 0 Å². The molecule has 0 atom stereocenters. The third-order valence-corrected chi connectivity index (χ3v) is 3.24. The number of thiophene rings is 1. The van der Waals surface area contributed by atoms with Crippen molar-refractivity contribution in [2.45, 2.75) is 32.7 Å². The molecule has 0 aliphatic rings. The first-order valence-electron chi connectivity index (χ1n) is 5.27. The predicted molar refractivity (Wildman–Crippen MR) is 63.7 cm³/mol. The summed E-state index contributed by atoms with van der Waals surface area (Å²) in [5, 5.41) is 7.88. The molecule has 0 unspecified atom stereocenters. The number of hydrogen-bond donors (Lipinski definition) is 2. The summed E-state index contributed by atoms with van der Waals surface area (Å²) in [7, 11) is 0. The van der Waals surface area contributed by atoms with Crippen LogP contribution in [0.1, 0.15) is 30.4 Å². The Morgan fingerprint density at radius 1 is 1.29 bits per heavy atom. The maximum Gasteiger partial charge on any atom is 0.0216 e. The fourth-order valence-electron chi connectivity index (χ4n) is 1.36. The maximum absolute atomic E-state index is 5.42. The van der Waals surface area contributed by atoms with E-state index in [1.54, 1.807) is 11.3 Å². The van der Waals surface area contributed by atoms with E-state index in [0.29, 0.717) is 0 Å². The molecule has 2 nitrogen and oxygen atoms in total. The second kappa shape index (κ2) is 6.98. The summed E-state index contributed by atoms with van der Waals surface area (Å²) in [5.74, 6) is 0. The van der Waals surface area contributed by atoms with Crippen molar-refractivity contribution in [1.29, 1.82) is 0 Å². The van der Waals surface area contributed by atoms with Crippen molar-refractivity contribution >= 4 is 11.3 Å². The van der Waals surface area contributed by atoms with E-state index in [0.717, 1.165) is 26.1 Å². The Morgan fingerprint density at radius 2 is 2.14 bits per heavy atom. The molecule has 0 bridgehead atoms. The fraction of sp³-hybridized carbons (Fsp3) is 0.636. The second-order valence-electron chi connectivity index (χ2n) is 3.61. The first kappa shape index (κ1) is 11.7. The van der Waals surface area contributed by atoms with Crippen LogP contribution in [0.15, 0.2) is 10.8 Å². The molecular weight excluding hydrogens is 192 g/mol. The topological polar surface area (TPSA) is 38.0 Å². The van der Waals surface area contributed by atoms with Crippen molar-refractivity contribution in [1.82, 2.24) is 5.32 Å². The van der Waals surface area contributed by atoms with Crippen LogP contribution in [-0.2, 0) is 6.54 Å². The molecule has 1 aromatic heterocycles. The molecule has 0 aromatic carbocycles. The normalized spacial score (nSPS) is 10.7. The number of unbranched alkanes of at least 4 members (excludes halogenated alkanes) is 2. The number of nitrogens with two attached hydrogens (primary N) is 1. The van der Waals surface area contributed by atoms with Gasteiger partial charge in [0.15, 0.2) is 0 Å². The summed E-state index contributed by atoms with van der Waals surface area (Å²) in [5.41, 5.74) is 8.27. The molecule has 3 N–H and O–H groups in total. The van der Waals surface area contributed by atoms with Crippen LogP contribution in [0.3, 0.4) is 0 Å². The van der Waals surface area contributed by atoms with Crippen LogP contribution in [0.5, 0.6) is 0 Å². The SMILES string of the molecule is Cc1cscc1CNCCCCCN. The van der Waals surface area contributed by atoms with Gasteiger partial charge in [0.05, 0.1) is 0 Å². The third-order valence-electron chi connectivity index (χ3n) is 2.33. The van der Waals surface area contributed by atoms with E-state index in [4.69, 9.17) is 5.73 Å². The van der Waals surface area contributed by atoms with Gasteiger partial charge in [0.25, 0.3) is 0 Å². The molecule has 0 fully saturated rings. The number of nitrogens with one attached hydrogen (secondary N) is 1. The van der Waals surface area contributed by atoms with Gasteiger partial charge in [0.1, 0.15) is 0 Å². The summed E-state index contributed by atoms with van der Waals surface area (Å²) < 4.78 is 0. The van der Waals surface area contributed by atoms with Gasteiger partial charge in [0, 0.05) is 6.54 Å². The maximum atomic E-state index is 5.42. The highest BCUT2D eigenvalue weighted by atomic mass is 32.1. The van der Waals surface area contributed by atoms with E-state index in [-0.39, 0.29) is 0 Å². The first-order valence-corrected chi connectivity index (χ1v) is 6.21. The molecular formula is C11H20N2S. The van der Waals surface area contributed by atoms with E-state index < -0.39 is 0 Å². The van der Waals surface area contributed by atoms with Crippen molar-refractivity contribution < 1.29 is 0 Å². The Kier molecular flexibility index (Phi) is 5.83. The Labute approximate surface area is 90.5 Å². The minimum atomic E-state index is 0.823. The Morgan fingerprint density at radius 3 is 2.79 bits per heavy atom. The van der Waals surface area contributed by atoms with Gasteiger partial charge in [-0.15, -0.1) is 0 Å². The van der Waals surface area contributed by atoms with Crippen LogP contribution in [0.25, 0.3) is 0 Å². The predicted octanol–water partition coefficient (Wildman–Crippen LogP) is 2.28. The summed E-state index contributed by atoms with van der Waals surface area (Å²) in [6.45, 7) is 5.11. The lowest BCUT2D eigenvalue weighted by molar-refractivity contribution is 0.606. The highest BCUT2D eigenvalue weighted by Crippen LogP contribution is 2.12. The Hall–Kier alpha value is -0.380. The molecule has 0 amide bonds. The van der Waals surface area contributed by atoms with Crippen LogP contribution >= 0.6 is 11.3 Å². The monoisotopic (exact) mass is 212 g/mol.